The SMILES string of the molecule is O=C(O)CCC(=O)C1CCS(=O)(=O)C1. The molecule has 1 rings (SSSR count). The van der Waals surface area contributed by atoms with E-state index in [0.29, 0.717) is 6.42 Å². The summed E-state index contributed by atoms with van der Waals surface area (Å²) in [5.74, 6) is -1.80. The van der Waals surface area contributed by atoms with Gasteiger partial charge >= 0.3 is 5.97 Å². The van der Waals surface area contributed by atoms with Gasteiger partial charge in [-0.05, 0) is 6.42 Å². The number of aliphatic carboxylic acids is 1. The maximum absolute atomic E-state index is 11.3. The van der Waals surface area contributed by atoms with E-state index in [1.165, 1.54) is 0 Å². The van der Waals surface area contributed by atoms with E-state index < -0.39 is 21.7 Å². The summed E-state index contributed by atoms with van der Waals surface area (Å²) in [6.45, 7) is 0. The lowest BCUT2D eigenvalue weighted by Gasteiger charge is -2.03. The maximum Gasteiger partial charge on any atom is 0.303 e. The molecule has 1 N–H and O–H groups in total. The summed E-state index contributed by atoms with van der Waals surface area (Å²) in [6, 6.07) is 0. The molecule has 0 aromatic heterocycles. The molecule has 0 aromatic carbocycles. The van der Waals surface area contributed by atoms with Gasteiger partial charge in [-0.15, -0.1) is 0 Å². The fourth-order valence-corrected chi connectivity index (χ4v) is 3.26. The number of hydrogen-bond donors (Lipinski definition) is 1. The predicted octanol–water partition coefficient (Wildman–Crippen LogP) is -0.145. The van der Waals surface area contributed by atoms with E-state index in [1.807, 2.05) is 0 Å². The highest BCUT2D eigenvalue weighted by Gasteiger charge is 2.32. The molecule has 1 fully saturated rings. The van der Waals surface area contributed by atoms with Crippen molar-refractivity contribution >= 4 is 21.6 Å². The van der Waals surface area contributed by atoms with Crippen molar-refractivity contribution in [3.8, 4) is 0 Å². The Morgan fingerprint density at radius 2 is 1.93 bits per heavy atom. The molecule has 0 bridgehead atoms. The normalized spacial score (nSPS) is 24.7. The summed E-state index contributed by atoms with van der Waals surface area (Å²) in [7, 11) is -3.05. The number of carbonyl (C=O) groups excluding carboxylic acids is 1. The van der Waals surface area contributed by atoms with Crippen molar-refractivity contribution in [1.82, 2.24) is 0 Å². The molecule has 1 aliphatic rings. The Morgan fingerprint density at radius 1 is 1.29 bits per heavy atom. The van der Waals surface area contributed by atoms with Crippen LogP contribution in [0.3, 0.4) is 0 Å². The molecule has 0 spiro atoms. The quantitative estimate of drug-likeness (QED) is 0.712. The van der Waals surface area contributed by atoms with Crippen LogP contribution in [0.25, 0.3) is 0 Å². The number of hydrogen-bond acceptors (Lipinski definition) is 4. The zero-order valence-corrected chi connectivity index (χ0v) is 8.42. The van der Waals surface area contributed by atoms with Crippen LogP contribution in [0.1, 0.15) is 19.3 Å². The Bertz CT molecular complexity index is 343. The molecule has 1 unspecified atom stereocenters. The minimum atomic E-state index is -3.05. The first kappa shape index (κ1) is 11.2. The molecule has 14 heavy (non-hydrogen) atoms. The number of carbonyl (C=O) groups is 2. The molecule has 1 saturated heterocycles. The van der Waals surface area contributed by atoms with Crippen molar-refractivity contribution in [3.05, 3.63) is 0 Å². The lowest BCUT2D eigenvalue weighted by Crippen LogP contribution is -2.16. The molecule has 80 valence electrons. The van der Waals surface area contributed by atoms with Crippen molar-refractivity contribution in [2.45, 2.75) is 19.3 Å². The summed E-state index contributed by atoms with van der Waals surface area (Å²) in [6.07, 6.45) is 0.0751. The summed E-state index contributed by atoms with van der Waals surface area (Å²) in [4.78, 5) is 21.5. The zero-order chi connectivity index (χ0) is 10.8. The third-order valence-corrected chi connectivity index (χ3v) is 4.04. The first-order chi connectivity index (χ1) is 6.41. The molecule has 1 atom stereocenters. The zero-order valence-electron chi connectivity index (χ0n) is 7.60. The summed E-state index contributed by atoms with van der Waals surface area (Å²) < 4.78 is 22.0. The van der Waals surface area contributed by atoms with Gasteiger partial charge in [-0.2, -0.15) is 0 Å². The number of Topliss-reactive ketones (excluding diaryl/α,β-unsaturated/α-hetero) is 1. The largest absolute Gasteiger partial charge is 0.481 e. The first-order valence-corrected chi connectivity index (χ1v) is 6.18. The van der Waals surface area contributed by atoms with Crippen LogP contribution < -0.4 is 0 Å². The molecule has 0 saturated carbocycles. The van der Waals surface area contributed by atoms with Crippen molar-refractivity contribution in [2.75, 3.05) is 11.5 Å². The van der Waals surface area contributed by atoms with Crippen molar-refractivity contribution in [3.63, 3.8) is 0 Å². The smallest absolute Gasteiger partial charge is 0.303 e. The van der Waals surface area contributed by atoms with E-state index in [-0.39, 0.29) is 30.1 Å². The van der Waals surface area contributed by atoms with E-state index in [4.69, 9.17) is 5.11 Å². The molecule has 6 heteroatoms. The fraction of sp³-hybridized carbons (Fsp3) is 0.750. The lowest BCUT2D eigenvalue weighted by atomic mass is 10.00. The maximum atomic E-state index is 11.3. The lowest BCUT2D eigenvalue weighted by molar-refractivity contribution is -0.138. The van der Waals surface area contributed by atoms with Crippen molar-refractivity contribution in [1.29, 1.82) is 0 Å². The van der Waals surface area contributed by atoms with Gasteiger partial charge < -0.3 is 5.11 Å². The topological polar surface area (TPSA) is 88.5 Å². The summed E-state index contributed by atoms with van der Waals surface area (Å²) in [5.41, 5.74) is 0. The standard InChI is InChI=1S/C8H12O5S/c9-7(1-2-8(10)11)6-3-4-14(12,13)5-6/h6H,1-5H2,(H,10,11). The van der Waals surface area contributed by atoms with Gasteiger partial charge in [0.25, 0.3) is 0 Å². The molecule has 1 heterocycles. The van der Waals surface area contributed by atoms with Crippen LogP contribution in [-0.2, 0) is 19.4 Å². The third-order valence-electron chi connectivity index (χ3n) is 2.27. The number of carboxylic acids is 1. The first-order valence-electron chi connectivity index (χ1n) is 4.35. The monoisotopic (exact) mass is 220 g/mol. The molecule has 1 aliphatic heterocycles. The van der Waals surface area contributed by atoms with E-state index >= 15 is 0 Å². The van der Waals surface area contributed by atoms with Crippen LogP contribution in [0.15, 0.2) is 0 Å². The third kappa shape index (κ3) is 3.10. The molecule has 0 radical (unpaired) electrons. The highest BCUT2D eigenvalue weighted by Crippen LogP contribution is 2.20. The van der Waals surface area contributed by atoms with Gasteiger partial charge in [-0.25, -0.2) is 8.42 Å². The molecule has 0 aromatic rings. The van der Waals surface area contributed by atoms with Crippen molar-refractivity contribution in [2.24, 2.45) is 5.92 Å². The predicted molar refractivity (Wildman–Crippen MR) is 48.6 cm³/mol. The van der Waals surface area contributed by atoms with Crippen LogP contribution in [0.2, 0.25) is 0 Å². The van der Waals surface area contributed by atoms with E-state index in [9.17, 15) is 18.0 Å². The number of ketones is 1. The van der Waals surface area contributed by atoms with Gasteiger partial charge in [-0.1, -0.05) is 0 Å². The van der Waals surface area contributed by atoms with Crippen LogP contribution in [0, 0.1) is 5.92 Å². The van der Waals surface area contributed by atoms with Crippen molar-refractivity contribution < 1.29 is 23.1 Å². The highest BCUT2D eigenvalue weighted by molar-refractivity contribution is 7.91. The summed E-state index contributed by atoms with van der Waals surface area (Å²) in [5, 5.41) is 8.34. The molecular weight excluding hydrogens is 208 g/mol. The second kappa shape index (κ2) is 4.08. The van der Waals surface area contributed by atoms with Gasteiger partial charge in [0, 0.05) is 12.3 Å². The van der Waals surface area contributed by atoms with Gasteiger partial charge in [0.1, 0.15) is 5.78 Å². The Kier molecular flexibility index (Phi) is 3.25. The van der Waals surface area contributed by atoms with Gasteiger partial charge in [0.2, 0.25) is 0 Å². The van der Waals surface area contributed by atoms with E-state index in [0.717, 1.165) is 0 Å². The Hall–Kier alpha value is -0.910. The molecular formula is C8H12O5S. The van der Waals surface area contributed by atoms with Gasteiger partial charge in [0.15, 0.2) is 9.84 Å². The average molecular weight is 220 g/mol. The second-order valence-corrected chi connectivity index (χ2v) is 5.69. The number of rotatable bonds is 4. The second-order valence-electron chi connectivity index (χ2n) is 3.46. The van der Waals surface area contributed by atoms with Crippen LogP contribution in [0.4, 0.5) is 0 Å². The molecule has 5 nitrogen and oxygen atoms in total. The Labute approximate surface area is 82.0 Å². The highest BCUT2D eigenvalue weighted by atomic mass is 32.2. The summed E-state index contributed by atoms with van der Waals surface area (Å²) >= 11 is 0. The van der Waals surface area contributed by atoms with E-state index in [1.54, 1.807) is 0 Å². The fourth-order valence-electron chi connectivity index (χ4n) is 1.48. The minimum absolute atomic E-state index is 0.0521. The van der Waals surface area contributed by atoms with Crippen LogP contribution >= 0.6 is 0 Å². The number of carboxylic acid groups (broad SMARTS) is 1. The van der Waals surface area contributed by atoms with Gasteiger partial charge in [-0.3, -0.25) is 9.59 Å². The Balaban J connectivity index is 2.44. The molecule has 0 aliphatic carbocycles. The average Bonchev–Trinajstić information content (AvgIpc) is 2.41. The van der Waals surface area contributed by atoms with Crippen LogP contribution in [-0.4, -0.2) is 36.8 Å². The van der Waals surface area contributed by atoms with Crippen LogP contribution in [0.5, 0.6) is 0 Å². The minimum Gasteiger partial charge on any atom is -0.481 e. The van der Waals surface area contributed by atoms with Gasteiger partial charge in [0.05, 0.1) is 17.9 Å². The number of sulfone groups is 1. The molecule has 0 amide bonds. The van der Waals surface area contributed by atoms with E-state index in [2.05, 4.69) is 0 Å². The Morgan fingerprint density at radius 3 is 2.36 bits per heavy atom.